The van der Waals surface area contributed by atoms with Crippen molar-refractivity contribution < 1.29 is 5.11 Å². The van der Waals surface area contributed by atoms with Gasteiger partial charge in [0.05, 0.1) is 6.10 Å². The molecule has 2 heterocycles. The highest BCUT2D eigenvalue weighted by Gasteiger charge is 2.24. The van der Waals surface area contributed by atoms with Gasteiger partial charge in [-0.05, 0) is 6.07 Å². The van der Waals surface area contributed by atoms with Crippen LogP contribution in [0.3, 0.4) is 0 Å². The summed E-state index contributed by atoms with van der Waals surface area (Å²) in [6.45, 7) is 2.28. The Hall–Kier alpha value is -1.13. The van der Waals surface area contributed by atoms with Crippen LogP contribution in [0, 0.1) is 0 Å². The van der Waals surface area contributed by atoms with Crippen molar-refractivity contribution in [1.29, 1.82) is 0 Å². The first kappa shape index (κ1) is 8.47. The summed E-state index contributed by atoms with van der Waals surface area (Å²) in [5.74, 6) is 0.587. The van der Waals surface area contributed by atoms with E-state index >= 15 is 0 Å². The van der Waals surface area contributed by atoms with Crippen molar-refractivity contribution in [2.45, 2.75) is 12.6 Å². The second-order valence-electron chi connectivity index (χ2n) is 3.40. The Labute approximate surface area is 77.0 Å². The van der Waals surface area contributed by atoms with Crippen LogP contribution in [0.5, 0.6) is 0 Å². The van der Waals surface area contributed by atoms with Gasteiger partial charge in [-0.1, -0.05) is 6.07 Å². The normalized spacial score (nSPS) is 18.5. The molecule has 0 bridgehead atoms. The maximum absolute atomic E-state index is 9.08. The molecule has 0 radical (unpaired) electrons. The van der Waals surface area contributed by atoms with Gasteiger partial charge in [-0.3, -0.25) is 4.90 Å². The number of rotatable bonds is 2. The zero-order valence-corrected chi connectivity index (χ0v) is 7.35. The molecule has 1 saturated heterocycles. The van der Waals surface area contributed by atoms with Gasteiger partial charge in [0.15, 0.2) is 0 Å². The molecule has 0 amide bonds. The number of anilines is 1. The van der Waals surface area contributed by atoms with Crippen LogP contribution >= 0.6 is 0 Å². The Kier molecular flexibility index (Phi) is 2.16. The SMILES string of the molecule is Nc1ncccc1CN1CC(O)C1. The maximum atomic E-state index is 9.08. The molecule has 0 spiro atoms. The third-order valence-corrected chi connectivity index (χ3v) is 2.26. The Balaban J connectivity index is 1.98. The lowest BCUT2D eigenvalue weighted by molar-refractivity contribution is -0.00279. The van der Waals surface area contributed by atoms with Crippen LogP contribution < -0.4 is 5.73 Å². The largest absolute Gasteiger partial charge is 0.390 e. The molecule has 70 valence electrons. The highest BCUT2D eigenvalue weighted by Crippen LogP contribution is 2.15. The number of nitrogens with two attached hydrogens (primary N) is 1. The predicted molar refractivity (Wildman–Crippen MR) is 49.9 cm³/mol. The van der Waals surface area contributed by atoms with Gasteiger partial charge in [0.2, 0.25) is 0 Å². The van der Waals surface area contributed by atoms with E-state index in [4.69, 9.17) is 10.8 Å². The number of nitrogen functional groups attached to an aromatic ring is 1. The van der Waals surface area contributed by atoms with Crippen LogP contribution in [0.1, 0.15) is 5.56 Å². The summed E-state index contributed by atoms with van der Waals surface area (Å²) in [4.78, 5) is 6.14. The first-order chi connectivity index (χ1) is 6.25. The van der Waals surface area contributed by atoms with E-state index < -0.39 is 0 Å². The van der Waals surface area contributed by atoms with Crippen molar-refractivity contribution in [2.24, 2.45) is 0 Å². The molecule has 4 heteroatoms. The first-order valence-corrected chi connectivity index (χ1v) is 4.35. The van der Waals surface area contributed by atoms with Crippen molar-refractivity contribution >= 4 is 5.82 Å². The monoisotopic (exact) mass is 179 g/mol. The first-order valence-electron chi connectivity index (χ1n) is 4.35. The quantitative estimate of drug-likeness (QED) is 0.662. The molecule has 0 aromatic carbocycles. The average Bonchev–Trinajstić information content (AvgIpc) is 2.06. The lowest BCUT2D eigenvalue weighted by atomic mass is 10.1. The van der Waals surface area contributed by atoms with E-state index in [0.29, 0.717) is 5.82 Å². The van der Waals surface area contributed by atoms with Gasteiger partial charge in [-0.15, -0.1) is 0 Å². The van der Waals surface area contributed by atoms with Gasteiger partial charge >= 0.3 is 0 Å². The summed E-state index contributed by atoms with van der Waals surface area (Å²) in [5.41, 5.74) is 6.72. The number of aromatic nitrogens is 1. The van der Waals surface area contributed by atoms with Crippen LogP contribution in [0.15, 0.2) is 18.3 Å². The summed E-state index contributed by atoms with van der Waals surface area (Å²) in [6, 6.07) is 3.84. The number of aliphatic hydroxyl groups excluding tert-OH is 1. The van der Waals surface area contributed by atoms with E-state index in [0.717, 1.165) is 25.2 Å². The Bertz CT molecular complexity index is 297. The molecule has 1 aromatic heterocycles. The van der Waals surface area contributed by atoms with Crippen LogP contribution in [0.25, 0.3) is 0 Å². The fraction of sp³-hybridized carbons (Fsp3) is 0.444. The number of hydrogen-bond donors (Lipinski definition) is 2. The fourth-order valence-corrected chi connectivity index (χ4v) is 1.50. The van der Waals surface area contributed by atoms with Crippen molar-refractivity contribution in [3.05, 3.63) is 23.9 Å². The van der Waals surface area contributed by atoms with Crippen molar-refractivity contribution in [1.82, 2.24) is 9.88 Å². The number of aliphatic hydroxyl groups is 1. The summed E-state index contributed by atoms with van der Waals surface area (Å²) >= 11 is 0. The van der Waals surface area contributed by atoms with E-state index in [-0.39, 0.29) is 6.10 Å². The van der Waals surface area contributed by atoms with Crippen molar-refractivity contribution in [2.75, 3.05) is 18.8 Å². The molecule has 0 unspecified atom stereocenters. The smallest absolute Gasteiger partial charge is 0.127 e. The molecule has 1 aliphatic rings. The van der Waals surface area contributed by atoms with Crippen molar-refractivity contribution in [3.63, 3.8) is 0 Å². The number of nitrogens with zero attached hydrogens (tertiary/aromatic N) is 2. The summed E-state index contributed by atoms with van der Waals surface area (Å²) in [7, 11) is 0. The molecule has 3 N–H and O–H groups in total. The Morgan fingerprint density at radius 2 is 2.38 bits per heavy atom. The van der Waals surface area contributed by atoms with Gasteiger partial charge in [-0.25, -0.2) is 4.98 Å². The molecule has 1 fully saturated rings. The maximum Gasteiger partial charge on any atom is 0.127 e. The minimum absolute atomic E-state index is 0.155. The lowest BCUT2D eigenvalue weighted by Crippen LogP contribution is -2.49. The molecular weight excluding hydrogens is 166 g/mol. The minimum atomic E-state index is -0.155. The van der Waals surface area contributed by atoms with E-state index in [9.17, 15) is 0 Å². The lowest BCUT2D eigenvalue weighted by Gasteiger charge is -2.35. The van der Waals surface area contributed by atoms with Crippen LogP contribution in [-0.2, 0) is 6.54 Å². The number of likely N-dealkylation sites (tertiary alicyclic amines) is 1. The topological polar surface area (TPSA) is 62.4 Å². The molecule has 1 aliphatic heterocycles. The van der Waals surface area contributed by atoms with Gasteiger partial charge in [-0.2, -0.15) is 0 Å². The van der Waals surface area contributed by atoms with Crippen LogP contribution in [0.4, 0.5) is 5.82 Å². The molecule has 1 aromatic rings. The molecule has 0 aliphatic carbocycles. The Morgan fingerprint density at radius 3 is 3.00 bits per heavy atom. The van der Waals surface area contributed by atoms with Gasteiger partial charge in [0.25, 0.3) is 0 Å². The standard InChI is InChI=1S/C9H13N3O/c10-9-7(2-1-3-11-9)4-12-5-8(13)6-12/h1-3,8,13H,4-6H2,(H2,10,11). The highest BCUT2D eigenvalue weighted by atomic mass is 16.3. The zero-order valence-electron chi connectivity index (χ0n) is 7.35. The molecule has 4 nitrogen and oxygen atoms in total. The molecule has 2 rings (SSSR count). The third kappa shape index (κ3) is 1.79. The predicted octanol–water partition coefficient (Wildman–Crippen LogP) is -0.160. The summed E-state index contributed by atoms with van der Waals surface area (Å²) in [6.07, 6.45) is 1.53. The average molecular weight is 179 g/mol. The van der Waals surface area contributed by atoms with E-state index in [1.165, 1.54) is 0 Å². The second kappa shape index (κ2) is 3.32. The number of pyridine rings is 1. The molecule has 0 saturated carbocycles. The number of β-amino-alcohol motifs (C(OH)–C–C–N with tert-alkyl or cyclic N) is 1. The van der Waals surface area contributed by atoms with E-state index in [1.54, 1.807) is 6.20 Å². The molecule has 13 heavy (non-hydrogen) atoms. The Morgan fingerprint density at radius 1 is 1.62 bits per heavy atom. The van der Waals surface area contributed by atoms with Crippen molar-refractivity contribution in [3.8, 4) is 0 Å². The van der Waals surface area contributed by atoms with Crippen LogP contribution in [-0.4, -0.2) is 34.2 Å². The van der Waals surface area contributed by atoms with E-state index in [2.05, 4.69) is 9.88 Å². The van der Waals surface area contributed by atoms with Gasteiger partial charge in [0, 0.05) is 31.4 Å². The van der Waals surface area contributed by atoms with Gasteiger partial charge < -0.3 is 10.8 Å². The molecular formula is C9H13N3O. The zero-order chi connectivity index (χ0) is 9.26. The van der Waals surface area contributed by atoms with Gasteiger partial charge in [0.1, 0.15) is 5.82 Å². The molecule has 0 atom stereocenters. The minimum Gasteiger partial charge on any atom is -0.390 e. The second-order valence-corrected chi connectivity index (χ2v) is 3.40. The summed E-state index contributed by atoms with van der Waals surface area (Å²) in [5, 5.41) is 9.08. The number of hydrogen-bond acceptors (Lipinski definition) is 4. The summed E-state index contributed by atoms with van der Waals surface area (Å²) < 4.78 is 0. The highest BCUT2D eigenvalue weighted by molar-refractivity contribution is 5.38. The van der Waals surface area contributed by atoms with E-state index in [1.807, 2.05) is 12.1 Å². The third-order valence-electron chi connectivity index (χ3n) is 2.26. The van der Waals surface area contributed by atoms with Crippen LogP contribution in [0.2, 0.25) is 0 Å². The fourth-order valence-electron chi connectivity index (χ4n) is 1.50.